The summed E-state index contributed by atoms with van der Waals surface area (Å²) in [7, 11) is 0. The Morgan fingerprint density at radius 2 is 1.73 bits per heavy atom. The van der Waals surface area contributed by atoms with Gasteiger partial charge in [0.05, 0.1) is 0 Å². The van der Waals surface area contributed by atoms with Crippen molar-refractivity contribution in [2.45, 2.75) is 53.9 Å². The van der Waals surface area contributed by atoms with Crippen molar-refractivity contribution in [2.24, 2.45) is 5.41 Å². The van der Waals surface area contributed by atoms with Crippen molar-refractivity contribution in [3.05, 3.63) is 11.6 Å². The van der Waals surface area contributed by atoms with Gasteiger partial charge in [-0.2, -0.15) is 0 Å². The molecule has 0 radical (unpaired) electrons. The highest BCUT2D eigenvalue weighted by molar-refractivity contribution is 5.03. The molecule has 0 aromatic rings. The molecule has 0 aliphatic rings. The molecule has 0 aromatic heterocycles. The molecule has 0 aliphatic heterocycles. The zero-order valence-electron chi connectivity index (χ0n) is 8.70. The van der Waals surface area contributed by atoms with Gasteiger partial charge in [-0.15, -0.1) is 0 Å². The summed E-state index contributed by atoms with van der Waals surface area (Å²) in [4.78, 5) is 0. The molecule has 0 heteroatoms. The Morgan fingerprint density at radius 3 is 2.00 bits per heavy atom. The van der Waals surface area contributed by atoms with Crippen LogP contribution in [0.25, 0.3) is 0 Å². The van der Waals surface area contributed by atoms with Crippen molar-refractivity contribution in [3.8, 4) is 0 Å². The molecule has 66 valence electrons. The Morgan fingerprint density at radius 1 is 1.18 bits per heavy atom. The monoisotopic (exact) mass is 154 g/mol. The molecule has 0 N–H and O–H groups in total. The second kappa shape index (κ2) is 4.58. The van der Waals surface area contributed by atoms with Crippen LogP contribution in [0.5, 0.6) is 0 Å². The maximum Gasteiger partial charge on any atom is -0.0271 e. The summed E-state index contributed by atoms with van der Waals surface area (Å²) < 4.78 is 0. The van der Waals surface area contributed by atoms with Crippen LogP contribution in [0.4, 0.5) is 0 Å². The molecule has 11 heavy (non-hydrogen) atoms. The van der Waals surface area contributed by atoms with Crippen molar-refractivity contribution < 1.29 is 0 Å². The molecule has 0 amide bonds. The first-order valence-electron chi connectivity index (χ1n) is 4.67. The van der Waals surface area contributed by atoms with Crippen molar-refractivity contribution in [2.75, 3.05) is 0 Å². The van der Waals surface area contributed by atoms with E-state index in [0.717, 1.165) is 0 Å². The van der Waals surface area contributed by atoms with Crippen LogP contribution in [0.15, 0.2) is 11.6 Å². The molecular formula is C11H22. The van der Waals surface area contributed by atoms with E-state index < -0.39 is 0 Å². The highest BCUT2D eigenvalue weighted by Crippen LogP contribution is 2.25. The Kier molecular flexibility index (Phi) is 4.48. The van der Waals surface area contributed by atoms with Gasteiger partial charge in [0.15, 0.2) is 0 Å². The highest BCUT2D eigenvalue weighted by Gasteiger charge is 2.11. The first kappa shape index (κ1) is 10.7. The predicted molar refractivity (Wildman–Crippen MR) is 52.7 cm³/mol. The average molecular weight is 154 g/mol. The number of hydrogen-bond donors (Lipinski definition) is 0. The fraction of sp³-hybridized carbons (Fsp3) is 0.818. The summed E-state index contributed by atoms with van der Waals surface area (Å²) >= 11 is 0. The van der Waals surface area contributed by atoms with Gasteiger partial charge in [0.1, 0.15) is 0 Å². The minimum atomic E-state index is 0.455. The minimum Gasteiger partial charge on any atom is -0.0856 e. The van der Waals surface area contributed by atoms with Crippen molar-refractivity contribution in [1.29, 1.82) is 0 Å². The van der Waals surface area contributed by atoms with Gasteiger partial charge in [0.2, 0.25) is 0 Å². The number of allylic oxidation sites excluding steroid dienone is 2. The zero-order chi connectivity index (χ0) is 8.91. The molecule has 0 spiro atoms. The van der Waals surface area contributed by atoms with Gasteiger partial charge in [-0.3, -0.25) is 0 Å². The molecule has 0 nitrogen and oxygen atoms in total. The largest absolute Gasteiger partial charge is 0.0856 e. The molecule has 0 fully saturated rings. The summed E-state index contributed by atoms with van der Waals surface area (Å²) in [6.07, 6.45) is 6.01. The zero-order valence-corrected chi connectivity index (χ0v) is 8.70. The van der Waals surface area contributed by atoms with E-state index in [4.69, 9.17) is 0 Å². The van der Waals surface area contributed by atoms with Crippen molar-refractivity contribution in [1.82, 2.24) is 0 Å². The summed E-state index contributed by atoms with van der Waals surface area (Å²) in [5.74, 6) is 0. The van der Waals surface area contributed by atoms with Crippen LogP contribution >= 0.6 is 0 Å². The third-order valence-corrected chi connectivity index (χ3v) is 1.70. The third-order valence-electron chi connectivity index (χ3n) is 1.70. The van der Waals surface area contributed by atoms with E-state index in [9.17, 15) is 0 Å². The second-order valence-electron chi connectivity index (χ2n) is 4.36. The fourth-order valence-corrected chi connectivity index (χ4v) is 1.31. The van der Waals surface area contributed by atoms with Crippen LogP contribution in [0.1, 0.15) is 53.9 Å². The van der Waals surface area contributed by atoms with Crippen LogP contribution < -0.4 is 0 Å². The Hall–Kier alpha value is -0.260. The lowest BCUT2D eigenvalue weighted by atomic mass is 9.87. The Balaban J connectivity index is 3.99. The van der Waals surface area contributed by atoms with Gasteiger partial charge in [0, 0.05) is 0 Å². The van der Waals surface area contributed by atoms with Crippen molar-refractivity contribution >= 4 is 0 Å². The quantitative estimate of drug-likeness (QED) is 0.535. The van der Waals surface area contributed by atoms with E-state index in [0.29, 0.717) is 5.41 Å². The third kappa shape index (κ3) is 6.15. The molecule has 0 unspecified atom stereocenters. The summed E-state index contributed by atoms with van der Waals surface area (Å²) in [5.41, 5.74) is 2.07. The maximum absolute atomic E-state index is 2.37. The normalized spacial score (nSPS) is 13.7. The van der Waals surface area contributed by atoms with Gasteiger partial charge >= 0.3 is 0 Å². The molecule has 0 aromatic carbocycles. The van der Waals surface area contributed by atoms with Gasteiger partial charge in [-0.1, -0.05) is 46.3 Å². The number of hydrogen-bond acceptors (Lipinski definition) is 0. The average Bonchev–Trinajstić information content (AvgIpc) is 1.84. The Bertz CT molecular complexity index is 123. The topological polar surface area (TPSA) is 0 Å². The van der Waals surface area contributed by atoms with Crippen molar-refractivity contribution in [3.63, 3.8) is 0 Å². The van der Waals surface area contributed by atoms with Crippen LogP contribution in [-0.4, -0.2) is 0 Å². The van der Waals surface area contributed by atoms with Gasteiger partial charge < -0.3 is 0 Å². The van der Waals surface area contributed by atoms with E-state index in [1.54, 1.807) is 5.57 Å². The van der Waals surface area contributed by atoms with Gasteiger partial charge in [-0.05, 0) is 24.7 Å². The lowest BCUT2D eigenvalue weighted by Gasteiger charge is -2.19. The molecular weight excluding hydrogens is 132 g/mol. The molecule has 0 bridgehead atoms. The summed E-state index contributed by atoms with van der Waals surface area (Å²) in [6.45, 7) is 11.3. The fourth-order valence-electron chi connectivity index (χ4n) is 1.31. The highest BCUT2D eigenvalue weighted by atomic mass is 14.2. The minimum absolute atomic E-state index is 0.455. The first-order valence-corrected chi connectivity index (χ1v) is 4.67. The molecule has 0 aliphatic carbocycles. The SMILES string of the molecule is CC/C=C(\CC)CC(C)(C)C. The number of rotatable bonds is 3. The summed E-state index contributed by atoms with van der Waals surface area (Å²) in [5, 5.41) is 0. The van der Waals surface area contributed by atoms with E-state index in [2.05, 4.69) is 40.7 Å². The van der Waals surface area contributed by atoms with E-state index in [1.807, 2.05) is 0 Å². The molecule has 0 saturated heterocycles. The van der Waals surface area contributed by atoms with Crippen LogP contribution in [0, 0.1) is 5.41 Å². The maximum atomic E-state index is 2.37. The molecule has 0 saturated carbocycles. The first-order chi connectivity index (χ1) is 4.99. The Labute approximate surface area is 71.7 Å². The molecule has 0 heterocycles. The van der Waals surface area contributed by atoms with E-state index in [-0.39, 0.29) is 0 Å². The molecule has 0 atom stereocenters. The summed E-state index contributed by atoms with van der Waals surface area (Å²) in [6, 6.07) is 0. The van der Waals surface area contributed by atoms with Gasteiger partial charge in [-0.25, -0.2) is 0 Å². The van der Waals surface area contributed by atoms with Crippen LogP contribution in [0.3, 0.4) is 0 Å². The van der Waals surface area contributed by atoms with E-state index in [1.165, 1.54) is 19.3 Å². The predicted octanol–water partition coefficient (Wildman–Crippen LogP) is 4.17. The standard InChI is InChI=1S/C11H22/c1-6-8-10(7-2)9-11(3,4)5/h8H,6-7,9H2,1-5H3/b10-8+. The van der Waals surface area contributed by atoms with E-state index >= 15 is 0 Å². The van der Waals surface area contributed by atoms with Gasteiger partial charge in [0.25, 0.3) is 0 Å². The molecule has 0 rings (SSSR count). The van der Waals surface area contributed by atoms with Crippen LogP contribution in [-0.2, 0) is 0 Å². The second-order valence-corrected chi connectivity index (χ2v) is 4.36. The lowest BCUT2D eigenvalue weighted by molar-refractivity contribution is 0.405. The lowest BCUT2D eigenvalue weighted by Crippen LogP contribution is -2.05. The van der Waals surface area contributed by atoms with Crippen LogP contribution in [0.2, 0.25) is 0 Å². The smallest absolute Gasteiger partial charge is 0.0271 e.